The monoisotopic (exact) mass is 410 g/mol. The van der Waals surface area contributed by atoms with Crippen LogP contribution in [0.3, 0.4) is 0 Å². The standard InChI is InChI=1S/C25H22N4O2/c1-17-6-10-22(11-7-17)27-26-15-21-16-29(23-12-8-19(9-13-23)25(30)31)28-24(21)20-5-3-4-18(2)14-20/h3-16,27H,1-2H3,(H,30,31)/b26-15+. The highest BCUT2D eigenvalue weighted by Gasteiger charge is 2.12. The maximum atomic E-state index is 11.1. The fourth-order valence-electron chi connectivity index (χ4n) is 3.19. The topological polar surface area (TPSA) is 79.5 Å². The Morgan fingerprint density at radius 1 is 1.00 bits per heavy atom. The first-order valence-electron chi connectivity index (χ1n) is 9.86. The van der Waals surface area contributed by atoms with Crippen molar-refractivity contribution in [3.63, 3.8) is 0 Å². The minimum atomic E-state index is -0.956. The number of nitrogens with one attached hydrogen (secondary N) is 1. The Balaban J connectivity index is 1.69. The molecule has 6 heteroatoms. The summed E-state index contributed by atoms with van der Waals surface area (Å²) in [4.78, 5) is 11.1. The number of hydrazone groups is 1. The molecular weight excluding hydrogens is 388 g/mol. The van der Waals surface area contributed by atoms with E-state index in [0.717, 1.165) is 33.8 Å². The zero-order chi connectivity index (χ0) is 21.8. The van der Waals surface area contributed by atoms with Gasteiger partial charge < -0.3 is 5.11 Å². The van der Waals surface area contributed by atoms with Crippen LogP contribution in [0.15, 0.2) is 84.1 Å². The minimum Gasteiger partial charge on any atom is -0.478 e. The number of carbonyl (C=O) groups is 1. The highest BCUT2D eigenvalue weighted by atomic mass is 16.4. The van der Waals surface area contributed by atoms with Gasteiger partial charge in [-0.05, 0) is 56.3 Å². The molecular formula is C25H22N4O2. The van der Waals surface area contributed by atoms with Crippen molar-refractivity contribution in [3.8, 4) is 16.9 Å². The van der Waals surface area contributed by atoms with Crippen LogP contribution in [0.5, 0.6) is 0 Å². The molecule has 1 aromatic heterocycles. The summed E-state index contributed by atoms with van der Waals surface area (Å²) in [7, 11) is 0. The van der Waals surface area contributed by atoms with Crippen LogP contribution in [0.4, 0.5) is 5.69 Å². The van der Waals surface area contributed by atoms with Crippen LogP contribution in [-0.2, 0) is 0 Å². The molecule has 0 fully saturated rings. The Kier molecular flexibility index (Phi) is 5.62. The molecule has 154 valence electrons. The Bertz CT molecular complexity index is 1240. The molecule has 0 aliphatic rings. The van der Waals surface area contributed by atoms with Crippen LogP contribution in [0.1, 0.15) is 27.0 Å². The molecule has 3 aromatic carbocycles. The van der Waals surface area contributed by atoms with Gasteiger partial charge in [-0.25, -0.2) is 9.48 Å². The lowest BCUT2D eigenvalue weighted by atomic mass is 10.1. The van der Waals surface area contributed by atoms with Crippen LogP contribution in [0.2, 0.25) is 0 Å². The highest BCUT2D eigenvalue weighted by Crippen LogP contribution is 2.24. The fourth-order valence-corrected chi connectivity index (χ4v) is 3.19. The third kappa shape index (κ3) is 4.70. The van der Waals surface area contributed by atoms with Crippen LogP contribution >= 0.6 is 0 Å². The first-order chi connectivity index (χ1) is 15.0. The lowest BCUT2D eigenvalue weighted by Crippen LogP contribution is -1.99. The summed E-state index contributed by atoms with van der Waals surface area (Å²) in [6.45, 7) is 4.08. The summed E-state index contributed by atoms with van der Waals surface area (Å²) in [5.74, 6) is -0.956. The number of hydrogen-bond donors (Lipinski definition) is 2. The summed E-state index contributed by atoms with van der Waals surface area (Å²) in [5, 5.41) is 18.3. The van der Waals surface area contributed by atoms with Crippen molar-refractivity contribution in [2.75, 3.05) is 5.43 Å². The van der Waals surface area contributed by atoms with Crippen molar-refractivity contribution < 1.29 is 9.90 Å². The average molecular weight is 410 g/mol. The van der Waals surface area contributed by atoms with Crippen LogP contribution < -0.4 is 5.43 Å². The van der Waals surface area contributed by atoms with E-state index in [0.29, 0.717) is 0 Å². The molecule has 31 heavy (non-hydrogen) atoms. The molecule has 4 rings (SSSR count). The molecule has 0 saturated heterocycles. The molecule has 0 atom stereocenters. The fraction of sp³-hybridized carbons (Fsp3) is 0.0800. The van der Waals surface area contributed by atoms with Gasteiger partial charge in [0.1, 0.15) is 5.69 Å². The number of rotatable bonds is 6. The SMILES string of the molecule is Cc1ccc(N/N=C/c2cn(-c3ccc(C(=O)O)cc3)nc2-c2cccc(C)c2)cc1. The van der Waals surface area contributed by atoms with E-state index in [4.69, 9.17) is 10.2 Å². The van der Waals surface area contributed by atoms with Crippen molar-refractivity contribution in [1.29, 1.82) is 0 Å². The number of carboxylic acids is 1. The molecule has 0 spiro atoms. The number of hydrogen-bond acceptors (Lipinski definition) is 4. The molecule has 0 unspecified atom stereocenters. The molecule has 0 aliphatic carbocycles. The summed E-state index contributed by atoms with van der Waals surface area (Å²) in [6.07, 6.45) is 3.63. The van der Waals surface area contributed by atoms with Crippen LogP contribution in [0, 0.1) is 13.8 Å². The number of nitrogens with zero attached hydrogens (tertiary/aromatic N) is 3. The smallest absolute Gasteiger partial charge is 0.335 e. The van der Waals surface area contributed by atoms with Crippen LogP contribution in [-0.4, -0.2) is 27.1 Å². The number of carboxylic acid groups (broad SMARTS) is 1. The maximum Gasteiger partial charge on any atom is 0.335 e. The molecule has 2 N–H and O–H groups in total. The van der Waals surface area contributed by atoms with Crippen LogP contribution in [0.25, 0.3) is 16.9 Å². The van der Waals surface area contributed by atoms with Gasteiger partial charge in [0.05, 0.1) is 23.2 Å². The summed E-state index contributed by atoms with van der Waals surface area (Å²) in [5.41, 5.74) is 9.89. The largest absolute Gasteiger partial charge is 0.478 e. The zero-order valence-corrected chi connectivity index (χ0v) is 17.3. The van der Waals surface area contributed by atoms with Gasteiger partial charge in [-0.2, -0.15) is 10.2 Å². The van der Waals surface area contributed by atoms with Crippen molar-refractivity contribution in [2.45, 2.75) is 13.8 Å². The quantitative estimate of drug-likeness (QED) is 0.334. The first kappa shape index (κ1) is 20.1. The molecule has 1 heterocycles. The third-order valence-corrected chi connectivity index (χ3v) is 4.86. The van der Waals surface area contributed by atoms with Gasteiger partial charge in [-0.3, -0.25) is 5.43 Å². The van der Waals surface area contributed by atoms with Crippen molar-refractivity contribution in [3.05, 3.63) is 101 Å². The lowest BCUT2D eigenvalue weighted by molar-refractivity contribution is 0.0697. The second kappa shape index (κ2) is 8.67. The van der Waals surface area contributed by atoms with E-state index in [2.05, 4.69) is 16.6 Å². The predicted molar refractivity (Wildman–Crippen MR) is 123 cm³/mol. The molecule has 6 nitrogen and oxygen atoms in total. The first-order valence-corrected chi connectivity index (χ1v) is 9.86. The van der Waals surface area contributed by atoms with Crippen molar-refractivity contribution in [2.24, 2.45) is 5.10 Å². The van der Waals surface area contributed by atoms with Gasteiger partial charge in [0, 0.05) is 17.3 Å². The van der Waals surface area contributed by atoms with E-state index in [1.807, 2.05) is 62.5 Å². The number of benzene rings is 3. The number of aryl methyl sites for hydroxylation is 2. The average Bonchev–Trinajstić information content (AvgIpc) is 3.19. The van der Waals surface area contributed by atoms with Gasteiger partial charge in [-0.15, -0.1) is 0 Å². The number of aromatic nitrogens is 2. The van der Waals surface area contributed by atoms with Gasteiger partial charge in [-0.1, -0.05) is 41.5 Å². The van der Waals surface area contributed by atoms with Gasteiger partial charge in [0.15, 0.2) is 0 Å². The Hall–Kier alpha value is -4.19. The summed E-state index contributed by atoms with van der Waals surface area (Å²) in [6, 6.07) is 22.7. The molecule has 0 aliphatic heterocycles. The van der Waals surface area contributed by atoms with Gasteiger partial charge in [0.25, 0.3) is 0 Å². The van der Waals surface area contributed by atoms with E-state index in [9.17, 15) is 4.79 Å². The molecule has 4 aromatic rings. The second-order valence-electron chi connectivity index (χ2n) is 7.34. The molecule has 0 amide bonds. The Labute approximate surface area is 180 Å². The van der Waals surface area contributed by atoms with E-state index < -0.39 is 5.97 Å². The Morgan fingerprint density at radius 3 is 2.42 bits per heavy atom. The zero-order valence-electron chi connectivity index (χ0n) is 17.3. The van der Waals surface area contributed by atoms with E-state index >= 15 is 0 Å². The molecule has 0 bridgehead atoms. The van der Waals surface area contributed by atoms with E-state index in [1.165, 1.54) is 5.56 Å². The summed E-state index contributed by atoms with van der Waals surface area (Å²) < 4.78 is 1.73. The molecule has 0 saturated carbocycles. The number of aromatic carboxylic acids is 1. The van der Waals surface area contributed by atoms with Crippen molar-refractivity contribution in [1.82, 2.24) is 9.78 Å². The van der Waals surface area contributed by atoms with Crippen molar-refractivity contribution >= 4 is 17.9 Å². The number of anilines is 1. The maximum absolute atomic E-state index is 11.1. The summed E-state index contributed by atoms with van der Waals surface area (Å²) >= 11 is 0. The van der Waals surface area contributed by atoms with E-state index in [1.54, 1.807) is 35.2 Å². The van der Waals surface area contributed by atoms with Gasteiger partial charge >= 0.3 is 5.97 Å². The highest BCUT2D eigenvalue weighted by molar-refractivity contribution is 5.89. The second-order valence-corrected chi connectivity index (χ2v) is 7.34. The Morgan fingerprint density at radius 2 is 1.74 bits per heavy atom. The predicted octanol–water partition coefficient (Wildman–Crippen LogP) is 5.30. The lowest BCUT2D eigenvalue weighted by Gasteiger charge is -2.02. The minimum absolute atomic E-state index is 0.235. The normalized spacial score (nSPS) is 11.0. The third-order valence-electron chi connectivity index (χ3n) is 4.86. The molecule has 0 radical (unpaired) electrons. The van der Waals surface area contributed by atoms with Gasteiger partial charge in [0.2, 0.25) is 0 Å². The van der Waals surface area contributed by atoms with E-state index in [-0.39, 0.29) is 5.56 Å².